The molecule has 17 heavy (non-hydrogen) atoms. The summed E-state index contributed by atoms with van der Waals surface area (Å²) >= 11 is 3.19. The van der Waals surface area contributed by atoms with Crippen molar-refractivity contribution in [2.24, 2.45) is 0 Å². The third-order valence-electron chi connectivity index (χ3n) is 2.25. The van der Waals surface area contributed by atoms with Crippen LogP contribution in [0.5, 0.6) is 0 Å². The molecule has 1 amide bonds. The zero-order valence-corrected chi connectivity index (χ0v) is 12.0. The average Bonchev–Trinajstić information content (AvgIpc) is 2.26. The maximum absolute atomic E-state index is 13.4. The van der Waals surface area contributed by atoms with Gasteiger partial charge < -0.3 is 10.6 Å². The zero-order chi connectivity index (χ0) is 12.1. The van der Waals surface area contributed by atoms with Crippen molar-refractivity contribution >= 4 is 34.2 Å². The van der Waals surface area contributed by atoms with Gasteiger partial charge in [-0.25, -0.2) is 4.39 Å². The van der Waals surface area contributed by atoms with Gasteiger partial charge in [-0.15, -0.1) is 12.4 Å². The zero-order valence-electron chi connectivity index (χ0n) is 9.59. The van der Waals surface area contributed by atoms with Gasteiger partial charge in [-0.05, 0) is 19.1 Å². The van der Waals surface area contributed by atoms with E-state index in [0.29, 0.717) is 16.6 Å². The highest BCUT2D eigenvalue weighted by molar-refractivity contribution is 9.10. The van der Waals surface area contributed by atoms with Gasteiger partial charge in [-0.3, -0.25) is 4.79 Å². The molecule has 1 atom stereocenters. The summed E-state index contributed by atoms with van der Waals surface area (Å²) in [5, 5.41) is 5.46. The van der Waals surface area contributed by atoms with E-state index in [-0.39, 0.29) is 30.2 Å². The lowest BCUT2D eigenvalue weighted by Gasteiger charge is -2.12. The number of halogens is 3. The SMILES string of the molecule is CNC(=O)[C@@H](C)NCc1ccc(Br)cc1F.Cl. The van der Waals surface area contributed by atoms with Crippen LogP contribution in [0.15, 0.2) is 22.7 Å². The van der Waals surface area contributed by atoms with Gasteiger partial charge >= 0.3 is 0 Å². The summed E-state index contributed by atoms with van der Waals surface area (Å²) in [5.41, 5.74) is 0.541. The molecule has 0 bridgehead atoms. The van der Waals surface area contributed by atoms with Crippen LogP contribution in [-0.2, 0) is 11.3 Å². The van der Waals surface area contributed by atoms with E-state index in [9.17, 15) is 9.18 Å². The van der Waals surface area contributed by atoms with E-state index >= 15 is 0 Å². The van der Waals surface area contributed by atoms with Crippen molar-refractivity contribution in [2.45, 2.75) is 19.5 Å². The molecule has 3 nitrogen and oxygen atoms in total. The minimum atomic E-state index is -0.340. The van der Waals surface area contributed by atoms with E-state index in [0.717, 1.165) is 0 Å². The van der Waals surface area contributed by atoms with Crippen molar-refractivity contribution in [2.75, 3.05) is 7.05 Å². The molecule has 0 aliphatic rings. The van der Waals surface area contributed by atoms with Crippen molar-refractivity contribution in [1.29, 1.82) is 0 Å². The minimum Gasteiger partial charge on any atom is -0.358 e. The lowest BCUT2D eigenvalue weighted by Crippen LogP contribution is -2.40. The topological polar surface area (TPSA) is 41.1 Å². The van der Waals surface area contributed by atoms with Crippen LogP contribution in [0, 0.1) is 5.82 Å². The second-order valence-electron chi connectivity index (χ2n) is 3.45. The fourth-order valence-corrected chi connectivity index (χ4v) is 1.57. The Bertz CT molecular complexity index is 390. The van der Waals surface area contributed by atoms with Crippen LogP contribution in [0.25, 0.3) is 0 Å². The predicted octanol–water partition coefficient (Wildman–Crippen LogP) is 2.23. The highest BCUT2D eigenvalue weighted by Crippen LogP contribution is 2.15. The normalized spacial score (nSPS) is 11.5. The number of amides is 1. The molecule has 0 unspecified atom stereocenters. The van der Waals surface area contributed by atoms with Gasteiger partial charge in [0, 0.05) is 23.6 Å². The number of carbonyl (C=O) groups is 1. The predicted molar refractivity (Wildman–Crippen MR) is 71.7 cm³/mol. The van der Waals surface area contributed by atoms with E-state index in [1.165, 1.54) is 6.07 Å². The third-order valence-corrected chi connectivity index (χ3v) is 2.75. The Hall–Kier alpha value is -0.650. The third kappa shape index (κ3) is 5.02. The highest BCUT2D eigenvalue weighted by atomic mass is 79.9. The number of benzene rings is 1. The molecule has 1 aromatic rings. The van der Waals surface area contributed by atoms with E-state index in [1.807, 2.05) is 0 Å². The number of nitrogens with one attached hydrogen (secondary N) is 2. The molecule has 0 fully saturated rings. The fraction of sp³-hybridized carbons (Fsp3) is 0.364. The van der Waals surface area contributed by atoms with Gasteiger partial charge in [0.15, 0.2) is 0 Å². The molecule has 0 radical (unpaired) electrons. The molecular weight excluding hydrogens is 310 g/mol. The maximum atomic E-state index is 13.4. The molecule has 0 aromatic heterocycles. The van der Waals surface area contributed by atoms with Crippen LogP contribution in [-0.4, -0.2) is 19.0 Å². The first-order valence-electron chi connectivity index (χ1n) is 4.93. The van der Waals surface area contributed by atoms with Crippen molar-refractivity contribution in [3.63, 3.8) is 0 Å². The van der Waals surface area contributed by atoms with E-state index in [1.54, 1.807) is 26.1 Å². The minimum absolute atomic E-state index is 0. The van der Waals surface area contributed by atoms with E-state index < -0.39 is 0 Å². The number of hydrogen-bond acceptors (Lipinski definition) is 2. The first-order chi connectivity index (χ1) is 7.54. The molecule has 0 spiro atoms. The van der Waals surface area contributed by atoms with Gasteiger partial charge in [0.1, 0.15) is 5.82 Å². The molecule has 1 rings (SSSR count). The Morgan fingerprint density at radius 3 is 2.71 bits per heavy atom. The monoisotopic (exact) mass is 324 g/mol. The number of rotatable bonds is 4. The van der Waals surface area contributed by atoms with Crippen LogP contribution in [0.2, 0.25) is 0 Å². The van der Waals surface area contributed by atoms with E-state index in [4.69, 9.17) is 0 Å². The lowest BCUT2D eigenvalue weighted by atomic mass is 10.2. The van der Waals surface area contributed by atoms with Crippen LogP contribution in [0.3, 0.4) is 0 Å². The quantitative estimate of drug-likeness (QED) is 0.891. The van der Waals surface area contributed by atoms with Crippen LogP contribution in [0.1, 0.15) is 12.5 Å². The molecule has 0 aliphatic carbocycles. The Kier molecular flexibility index (Phi) is 7.34. The molecule has 2 N–H and O–H groups in total. The van der Waals surface area contributed by atoms with Crippen molar-refractivity contribution in [3.8, 4) is 0 Å². The standard InChI is InChI=1S/C11H14BrFN2O.ClH/c1-7(11(16)14-2)15-6-8-3-4-9(12)5-10(8)13;/h3-5,7,15H,6H2,1-2H3,(H,14,16);1H/t7-;/m1./s1. The summed E-state index contributed by atoms with van der Waals surface area (Å²) in [5.74, 6) is -0.400. The van der Waals surface area contributed by atoms with Crippen LogP contribution in [0.4, 0.5) is 4.39 Å². The smallest absolute Gasteiger partial charge is 0.236 e. The summed E-state index contributed by atoms with van der Waals surface area (Å²) in [6, 6.07) is 4.52. The van der Waals surface area contributed by atoms with E-state index in [2.05, 4.69) is 26.6 Å². The summed E-state index contributed by atoms with van der Waals surface area (Å²) in [6.45, 7) is 2.06. The summed E-state index contributed by atoms with van der Waals surface area (Å²) in [4.78, 5) is 11.2. The van der Waals surface area contributed by atoms with Gasteiger partial charge in [-0.1, -0.05) is 22.0 Å². The molecular formula is C11H15BrClFN2O. The second kappa shape index (κ2) is 7.63. The summed E-state index contributed by atoms with van der Waals surface area (Å²) < 4.78 is 14.1. The average molecular weight is 326 g/mol. The van der Waals surface area contributed by atoms with Crippen LogP contribution < -0.4 is 10.6 Å². The Labute approximate surface area is 115 Å². The second-order valence-corrected chi connectivity index (χ2v) is 4.37. The van der Waals surface area contributed by atoms with Crippen molar-refractivity contribution in [3.05, 3.63) is 34.1 Å². The summed E-state index contributed by atoms with van der Waals surface area (Å²) in [7, 11) is 1.57. The molecule has 0 saturated heterocycles. The largest absolute Gasteiger partial charge is 0.358 e. The Morgan fingerprint density at radius 2 is 2.18 bits per heavy atom. The first kappa shape index (κ1) is 16.4. The lowest BCUT2D eigenvalue weighted by molar-refractivity contribution is -0.122. The molecule has 0 saturated carbocycles. The van der Waals surface area contributed by atoms with Crippen molar-refractivity contribution in [1.82, 2.24) is 10.6 Å². The molecule has 0 heterocycles. The number of carbonyl (C=O) groups excluding carboxylic acids is 1. The molecule has 1 aromatic carbocycles. The molecule has 96 valence electrons. The Morgan fingerprint density at radius 1 is 1.53 bits per heavy atom. The molecule has 6 heteroatoms. The van der Waals surface area contributed by atoms with Gasteiger partial charge in [-0.2, -0.15) is 0 Å². The van der Waals surface area contributed by atoms with Crippen LogP contribution >= 0.6 is 28.3 Å². The van der Waals surface area contributed by atoms with Gasteiger partial charge in [0.2, 0.25) is 5.91 Å². The number of hydrogen-bond donors (Lipinski definition) is 2. The summed E-state index contributed by atoms with van der Waals surface area (Å²) in [6.07, 6.45) is 0. The van der Waals surface area contributed by atoms with Gasteiger partial charge in [0.25, 0.3) is 0 Å². The van der Waals surface area contributed by atoms with Crippen molar-refractivity contribution < 1.29 is 9.18 Å². The van der Waals surface area contributed by atoms with Gasteiger partial charge in [0.05, 0.1) is 6.04 Å². The Balaban J connectivity index is 0.00000256. The molecule has 0 aliphatic heterocycles. The fourth-order valence-electron chi connectivity index (χ4n) is 1.24. The number of likely N-dealkylation sites (N-methyl/N-ethyl adjacent to an activating group) is 1. The first-order valence-corrected chi connectivity index (χ1v) is 5.72. The highest BCUT2D eigenvalue weighted by Gasteiger charge is 2.10. The maximum Gasteiger partial charge on any atom is 0.236 e.